The summed E-state index contributed by atoms with van der Waals surface area (Å²) in [5, 5.41) is 0. The van der Waals surface area contributed by atoms with Crippen LogP contribution in [0.2, 0.25) is 0 Å². The average molecular weight is 306 g/mol. The van der Waals surface area contributed by atoms with Crippen LogP contribution in [0.15, 0.2) is 22.7 Å². The molecule has 0 saturated heterocycles. The van der Waals surface area contributed by atoms with E-state index < -0.39 is 0 Å². The summed E-state index contributed by atoms with van der Waals surface area (Å²) in [5.41, 5.74) is 1.73. The lowest BCUT2D eigenvalue weighted by Gasteiger charge is -2.06. The van der Waals surface area contributed by atoms with Crippen molar-refractivity contribution in [1.82, 2.24) is 0 Å². The van der Waals surface area contributed by atoms with Crippen LogP contribution < -0.4 is 0 Å². The predicted octanol–water partition coefficient (Wildman–Crippen LogP) is 3.80. The molecule has 0 saturated carbocycles. The fraction of sp³-hybridized carbons (Fsp3) is 0.417. The first kappa shape index (κ1) is 13.5. The smallest absolute Gasteiger partial charge is 0.338 e. The van der Waals surface area contributed by atoms with Crippen molar-refractivity contribution in [2.24, 2.45) is 0 Å². The van der Waals surface area contributed by atoms with Crippen molar-refractivity contribution in [3.8, 4) is 0 Å². The number of carbonyl (C=O) groups is 1. The van der Waals surface area contributed by atoms with Crippen molar-refractivity contribution in [3.05, 3.63) is 33.8 Å². The molecule has 4 heteroatoms. The molecular formula is C12H14BrClO2. The molecule has 2 nitrogen and oxygen atoms in total. The zero-order valence-electron chi connectivity index (χ0n) is 9.13. The van der Waals surface area contributed by atoms with Gasteiger partial charge in [-0.2, -0.15) is 0 Å². The van der Waals surface area contributed by atoms with Gasteiger partial charge in [-0.1, -0.05) is 22.0 Å². The highest BCUT2D eigenvalue weighted by Crippen LogP contribution is 2.20. The van der Waals surface area contributed by atoms with Gasteiger partial charge < -0.3 is 4.74 Å². The van der Waals surface area contributed by atoms with Gasteiger partial charge in [-0.15, -0.1) is 11.6 Å². The molecule has 1 aromatic carbocycles. The van der Waals surface area contributed by atoms with Crippen LogP contribution in [0.1, 0.15) is 29.3 Å². The Hall–Kier alpha value is -0.540. The quantitative estimate of drug-likeness (QED) is 0.611. The summed E-state index contributed by atoms with van der Waals surface area (Å²) in [6.45, 7) is 2.19. The summed E-state index contributed by atoms with van der Waals surface area (Å²) in [5.74, 6) is 0.360. The first-order valence-electron chi connectivity index (χ1n) is 5.20. The van der Waals surface area contributed by atoms with E-state index in [0.29, 0.717) is 18.1 Å². The molecule has 0 aliphatic carbocycles. The van der Waals surface area contributed by atoms with E-state index in [4.69, 9.17) is 16.3 Å². The van der Waals surface area contributed by atoms with Gasteiger partial charge in [0.25, 0.3) is 0 Å². The Bertz CT molecular complexity index is 366. The van der Waals surface area contributed by atoms with Crippen LogP contribution in [0.25, 0.3) is 0 Å². The molecule has 0 aliphatic rings. The molecule has 0 aliphatic heterocycles. The average Bonchev–Trinajstić information content (AvgIpc) is 2.27. The van der Waals surface area contributed by atoms with Crippen LogP contribution in [-0.2, 0) is 11.2 Å². The Morgan fingerprint density at radius 2 is 2.25 bits per heavy atom. The van der Waals surface area contributed by atoms with E-state index >= 15 is 0 Å². The summed E-state index contributed by atoms with van der Waals surface area (Å²) in [4.78, 5) is 11.5. The lowest BCUT2D eigenvalue weighted by Crippen LogP contribution is -2.05. The molecule has 0 amide bonds. The molecule has 0 atom stereocenters. The van der Waals surface area contributed by atoms with Crippen molar-refractivity contribution in [3.63, 3.8) is 0 Å². The lowest BCUT2D eigenvalue weighted by molar-refractivity contribution is 0.0526. The first-order chi connectivity index (χ1) is 7.69. The van der Waals surface area contributed by atoms with Crippen molar-refractivity contribution >= 4 is 33.5 Å². The third kappa shape index (κ3) is 3.80. The Kier molecular flexibility index (Phi) is 5.85. The number of hydrogen-bond acceptors (Lipinski definition) is 2. The Labute approximate surface area is 109 Å². The van der Waals surface area contributed by atoms with Gasteiger partial charge >= 0.3 is 5.97 Å². The maximum absolute atomic E-state index is 11.5. The van der Waals surface area contributed by atoms with Crippen LogP contribution in [0.5, 0.6) is 0 Å². The van der Waals surface area contributed by atoms with Gasteiger partial charge in [-0.25, -0.2) is 4.79 Å². The minimum atomic E-state index is -0.285. The molecule has 0 unspecified atom stereocenters. The van der Waals surface area contributed by atoms with Gasteiger partial charge in [0.2, 0.25) is 0 Å². The zero-order valence-corrected chi connectivity index (χ0v) is 11.5. The predicted molar refractivity (Wildman–Crippen MR) is 69.1 cm³/mol. The molecule has 16 heavy (non-hydrogen) atoms. The molecule has 0 heterocycles. The molecule has 0 aromatic heterocycles. The van der Waals surface area contributed by atoms with Gasteiger partial charge in [0.15, 0.2) is 0 Å². The van der Waals surface area contributed by atoms with Crippen LogP contribution >= 0.6 is 27.5 Å². The van der Waals surface area contributed by atoms with Crippen LogP contribution in [0.4, 0.5) is 0 Å². The summed E-state index contributed by atoms with van der Waals surface area (Å²) < 4.78 is 5.86. The SMILES string of the molecule is CCOC(=O)c1ccc(CCCCl)c(Br)c1. The standard InChI is InChI=1S/C12H14BrClO2/c1-2-16-12(15)10-6-5-9(4-3-7-14)11(13)8-10/h5-6,8H,2-4,7H2,1H3. The van der Waals surface area contributed by atoms with Gasteiger partial charge in [-0.05, 0) is 37.5 Å². The number of ether oxygens (including phenoxy) is 1. The number of aryl methyl sites for hydroxylation is 1. The van der Waals surface area contributed by atoms with Crippen molar-refractivity contribution in [2.45, 2.75) is 19.8 Å². The van der Waals surface area contributed by atoms with Gasteiger partial charge in [0.1, 0.15) is 0 Å². The highest BCUT2D eigenvalue weighted by Gasteiger charge is 2.08. The highest BCUT2D eigenvalue weighted by molar-refractivity contribution is 9.10. The van der Waals surface area contributed by atoms with Crippen LogP contribution in [0.3, 0.4) is 0 Å². The molecule has 0 spiro atoms. The van der Waals surface area contributed by atoms with Crippen LogP contribution in [-0.4, -0.2) is 18.5 Å². The summed E-state index contributed by atoms with van der Waals surface area (Å²) in [6.07, 6.45) is 1.84. The van der Waals surface area contributed by atoms with Crippen LogP contribution in [0, 0.1) is 0 Å². The Morgan fingerprint density at radius 1 is 1.50 bits per heavy atom. The molecule has 0 N–H and O–H groups in total. The minimum absolute atomic E-state index is 0.285. The second-order valence-electron chi connectivity index (χ2n) is 3.32. The monoisotopic (exact) mass is 304 g/mol. The largest absolute Gasteiger partial charge is 0.462 e. The van der Waals surface area contributed by atoms with E-state index in [1.165, 1.54) is 0 Å². The Balaban J connectivity index is 2.78. The number of alkyl halides is 1. The maximum atomic E-state index is 11.5. The van der Waals surface area contributed by atoms with Gasteiger partial charge in [0, 0.05) is 10.4 Å². The molecule has 1 rings (SSSR count). The second-order valence-corrected chi connectivity index (χ2v) is 4.55. The van der Waals surface area contributed by atoms with E-state index in [0.717, 1.165) is 22.9 Å². The lowest BCUT2D eigenvalue weighted by atomic mass is 10.1. The normalized spacial score (nSPS) is 10.2. The van der Waals surface area contributed by atoms with Gasteiger partial charge in [0.05, 0.1) is 12.2 Å². The molecule has 88 valence electrons. The topological polar surface area (TPSA) is 26.3 Å². The highest BCUT2D eigenvalue weighted by atomic mass is 79.9. The van der Waals surface area contributed by atoms with Crippen molar-refractivity contribution < 1.29 is 9.53 Å². The fourth-order valence-electron chi connectivity index (χ4n) is 1.35. The molecule has 0 radical (unpaired) electrons. The first-order valence-corrected chi connectivity index (χ1v) is 6.53. The minimum Gasteiger partial charge on any atom is -0.462 e. The molecule has 1 aromatic rings. The zero-order chi connectivity index (χ0) is 12.0. The fourth-order valence-corrected chi connectivity index (χ4v) is 2.06. The van der Waals surface area contributed by atoms with Gasteiger partial charge in [-0.3, -0.25) is 0 Å². The summed E-state index contributed by atoms with van der Waals surface area (Å²) in [6, 6.07) is 5.51. The van der Waals surface area contributed by atoms with E-state index in [9.17, 15) is 4.79 Å². The van der Waals surface area contributed by atoms with E-state index in [2.05, 4.69) is 15.9 Å². The van der Waals surface area contributed by atoms with E-state index in [1.54, 1.807) is 19.1 Å². The number of benzene rings is 1. The summed E-state index contributed by atoms with van der Waals surface area (Å²) in [7, 11) is 0. The number of halogens is 2. The molecule has 0 bridgehead atoms. The number of rotatable bonds is 5. The number of esters is 1. The Morgan fingerprint density at radius 3 is 2.81 bits per heavy atom. The van der Waals surface area contributed by atoms with Crippen molar-refractivity contribution in [2.75, 3.05) is 12.5 Å². The maximum Gasteiger partial charge on any atom is 0.338 e. The molecular weight excluding hydrogens is 291 g/mol. The summed E-state index contributed by atoms with van der Waals surface area (Å²) >= 11 is 9.08. The molecule has 0 fully saturated rings. The van der Waals surface area contributed by atoms with Crippen molar-refractivity contribution in [1.29, 1.82) is 0 Å². The van der Waals surface area contributed by atoms with E-state index in [1.807, 2.05) is 6.07 Å². The number of carbonyl (C=O) groups excluding carboxylic acids is 1. The second kappa shape index (κ2) is 6.92. The third-order valence-corrected chi connectivity index (χ3v) is 3.15. The number of hydrogen-bond donors (Lipinski definition) is 0. The van der Waals surface area contributed by atoms with E-state index in [-0.39, 0.29) is 5.97 Å². The third-order valence-electron chi connectivity index (χ3n) is 2.14.